The summed E-state index contributed by atoms with van der Waals surface area (Å²) in [7, 11) is -3.75. The van der Waals surface area contributed by atoms with Gasteiger partial charge >= 0.3 is 0 Å². The first-order valence-corrected chi connectivity index (χ1v) is 8.84. The van der Waals surface area contributed by atoms with Crippen molar-refractivity contribution < 1.29 is 13.2 Å². The predicted molar refractivity (Wildman–Crippen MR) is 85.9 cm³/mol. The highest BCUT2D eigenvalue weighted by Crippen LogP contribution is 2.32. The largest absolute Gasteiger partial charge is 0.492 e. The first-order valence-electron chi connectivity index (χ1n) is 7.40. The van der Waals surface area contributed by atoms with Crippen LogP contribution in [0.2, 0.25) is 0 Å². The molecule has 1 aromatic carbocycles. The molecule has 0 N–H and O–H groups in total. The van der Waals surface area contributed by atoms with Crippen molar-refractivity contribution in [1.29, 1.82) is 0 Å². The van der Waals surface area contributed by atoms with Crippen molar-refractivity contribution in [3.63, 3.8) is 0 Å². The molecule has 0 amide bonds. The molecular formula is C16H22N2O3S. The monoisotopic (exact) mass is 322 g/mol. The SMILES string of the molecule is CCCOc1cc(C)c(C(C)C)cc1S(=O)(=O)n1cccn1. The molecule has 120 valence electrons. The molecule has 2 rings (SSSR count). The number of rotatable bonds is 6. The standard InChI is InChI=1S/C16H22N2O3S/c1-5-9-21-15-10-13(4)14(12(2)3)11-16(15)22(19,20)18-8-6-7-17-18/h6-8,10-12H,5,9H2,1-4H3. The third-order valence-corrected chi connectivity index (χ3v) is 5.00. The van der Waals surface area contributed by atoms with E-state index in [4.69, 9.17) is 4.74 Å². The molecule has 5 nitrogen and oxygen atoms in total. The summed E-state index contributed by atoms with van der Waals surface area (Å²) in [5, 5.41) is 3.86. The lowest BCUT2D eigenvalue weighted by Crippen LogP contribution is -2.16. The molecule has 0 atom stereocenters. The minimum absolute atomic E-state index is 0.166. The van der Waals surface area contributed by atoms with E-state index in [1.165, 1.54) is 12.4 Å². The van der Waals surface area contributed by atoms with Gasteiger partial charge in [-0.15, -0.1) is 0 Å². The lowest BCUT2D eigenvalue weighted by molar-refractivity contribution is 0.308. The fourth-order valence-corrected chi connectivity index (χ4v) is 3.58. The highest BCUT2D eigenvalue weighted by Gasteiger charge is 2.24. The van der Waals surface area contributed by atoms with E-state index in [0.717, 1.165) is 21.6 Å². The summed E-state index contributed by atoms with van der Waals surface area (Å²) in [5.74, 6) is 0.617. The third-order valence-electron chi connectivity index (χ3n) is 3.42. The van der Waals surface area contributed by atoms with Crippen LogP contribution in [0.4, 0.5) is 0 Å². The van der Waals surface area contributed by atoms with Crippen molar-refractivity contribution in [2.45, 2.75) is 44.9 Å². The number of ether oxygens (including phenoxy) is 1. The summed E-state index contributed by atoms with van der Waals surface area (Å²) in [4.78, 5) is 0.166. The van der Waals surface area contributed by atoms with Gasteiger partial charge in [-0.2, -0.15) is 17.6 Å². The van der Waals surface area contributed by atoms with Gasteiger partial charge < -0.3 is 4.74 Å². The van der Waals surface area contributed by atoms with E-state index in [0.29, 0.717) is 12.4 Å². The van der Waals surface area contributed by atoms with Gasteiger partial charge in [0, 0.05) is 6.20 Å². The van der Waals surface area contributed by atoms with Gasteiger partial charge in [-0.1, -0.05) is 20.8 Å². The van der Waals surface area contributed by atoms with E-state index in [1.54, 1.807) is 18.2 Å². The second kappa shape index (κ2) is 6.52. The Hall–Kier alpha value is -1.82. The van der Waals surface area contributed by atoms with Crippen LogP contribution in [0, 0.1) is 6.92 Å². The smallest absolute Gasteiger partial charge is 0.286 e. The van der Waals surface area contributed by atoms with E-state index >= 15 is 0 Å². The summed E-state index contributed by atoms with van der Waals surface area (Å²) < 4.78 is 32.2. The topological polar surface area (TPSA) is 61.2 Å². The first-order chi connectivity index (χ1) is 10.4. The second-order valence-corrected chi connectivity index (χ2v) is 7.31. The molecule has 0 saturated heterocycles. The Kier molecular flexibility index (Phi) is 4.90. The molecule has 0 aliphatic rings. The van der Waals surface area contributed by atoms with Crippen molar-refractivity contribution in [3.8, 4) is 5.75 Å². The molecule has 22 heavy (non-hydrogen) atoms. The maximum absolute atomic E-state index is 12.8. The molecule has 2 aromatic rings. The van der Waals surface area contributed by atoms with E-state index < -0.39 is 10.0 Å². The highest BCUT2D eigenvalue weighted by atomic mass is 32.2. The van der Waals surface area contributed by atoms with Gasteiger partial charge in [0.05, 0.1) is 12.8 Å². The predicted octanol–water partition coefficient (Wildman–Crippen LogP) is 3.34. The lowest BCUT2D eigenvalue weighted by atomic mass is 9.98. The van der Waals surface area contributed by atoms with Gasteiger partial charge in [-0.25, -0.2) is 0 Å². The van der Waals surface area contributed by atoms with Crippen LogP contribution >= 0.6 is 0 Å². The van der Waals surface area contributed by atoms with Crippen LogP contribution in [-0.2, 0) is 10.0 Å². The number of nitrogens with zero attached hydrogens (tertiary/aromatic N) is 2. The molecule has 0 aliphatic carbocycles. The van der Waals surface area contributed by atoms with Gasteiger partial charge in [0.15, 0.2) is 0 Å². The molecule has 0 fully saturated rings. The van der Waals surface area contributed by atoms with E-state index in [2.05, 4.69) is 5.10 Å². The zero-order valence-electron chi connectivity index (χ0n) is 13.4. The van der Waals surface area contributed by atoms with Gasteiger partial charge in [0.2, 0.25) is 0 Å². The fraction of sp³-hybridized carbons (Fsp3) is 0.438. The average molecular weight is 322 g/mol. The van der Waals surface area contributed by atoms with Crippen LogP contribution in [0.5, 0.6) is 5.75 Å². The van der Waals surface area contributed by atoms with Crippen LogP contribution in [-0.4, -0.2) is 24.2 Å². The van der Waals surface area contributed by atoms with Crippen molar-refractivity contribution in [2.24, 2.45) is 0 Å². The second-order valence-electron chi connectivity index (χ2n) is 5.54. The molecule has 1 heterocycles. The van der Waals surface area contributed by atoms with Gasteiger partial charge in [-0.3, -0.25) is 0 Å². The molecule has 1 aromatic heterocycles. The minimum atomic E-state index is -3.75. The number of aromatic nitrogens is 2. The number of hydrogen-bond acceptors (Lipinski definition) is 4. The van der Waals surface area contributed by atoms with Crippen LogP contribution < -0.4 is 4.74 Å². The quantitative estimate of drug-likeness (QED) is 0.818. The lowest BCUT2D eigenvalue weighted by Gasteiger charge is -2.17. The molecule has 0 spiro atoms. The van der Waals surface area contributed by atoms with Crippen molar-refractivity contribution in [1.82, 2.24) is 9.19 Å². The van der Waals surface area contributed by atoms with Crippen molar-refractivity contribution in [3.05, 3.63) is 41.7 Å². The molecule has 0 unspecified atom stereocenters. The molecule has 0 aliphatic heterocycles. The van der Waals surface area contributed by atoms with Crippen LogP contribution in [0.3, 0.4) is 0 Å². The molecular weight excluding hydrogens is 300 g/mol. The van der Waals surface area contributed by atoms with Gasteiger partial charge in [0.1, 0.15) is 10.6 Å². The molecule has 6 heteroatoms. The summed E-state index contributed by atoms with van der Waals surface area (Å²) in [6.45, 7) is 8.51. The highest BCUT2D eigenvalue weighted by molar-refractivity contribution is 7.90. The number of benzene rings is 1. The van der Waals surface area contributed by atoms with Gasteiger partial charge in [-0.05, 0) is 48.6 Å². The van der Waals surface area contributed by atoms with Crippen LogP contribution in [0.15, 0.2) is 35.5 Å². The zero-order chi connectivity index (χ0) is 16.3. The first kappa shape index (κ1) is 16.5. The van der Waals surface area contributed by atoms with Crippen molar-refractivity contribution in [2.75, 3.05) is 6.61 Å². The summed E-state index contributed by atoms with van der Waals surface area (Å²) in [6, 6.07) is 5.10. The van der Waals surface area contributed by atoms with Crippen LogP contribution in [0.1, 0.15) is 44.2 Å². The Labute approximate surface area is 132 Å². The molecule has 0 saturated carbocycles. The molecule has 0 radical (unpaired) electrons. The Morgan fingerprint density at radius 1 is 1.32 bits per heavy atom. The third kappa shape index (κ3) is 3.16. The summed E-state index contributed by atoms with van der Waals surface area (Å²) >= 11 is 0. The number of hydrogen-bond donors (Lipinski definition) is 0. The number of aryl methyl sites for hydroxylation is 1. The van der Waals surface area contributed by atoms with E-state index in [-0.39, 0.29) is 10.8 Å². The van der Waals surface area contributed by atoms with E-state index in [1.807, 2.05) is 27.7 Å². The summed E-state index contributed by atoms with van der Waals surface area (Å²) in [6.07, 6.45) is 3.68. The average Bonchev–Trinajstić information content (AvgIpc) is 2.99. The normalized spacial score (nSPS) is 11.9. The summed E-state index contributed by atoms with van der Waals surface area (Å²) in [5.41, 5.74) is 2.02. The maximum Gasteiger partial charge on any atom is 0.286 e. The van der Waals surface area contributed by atoms with Crippen molar-refractivity contribution >= 4 is 10.0 Å². The Balaban J connectivity index is 2.63. The maximum atomic E-state index is 12.8. The zero-order valence-corrected chi connectivity index (χ0v) is 14.2. The van der Waals surface area contributed by atoms with Gasteiger partial charge in [0.25, 0.3) is 10.0 Å². The Morgan fingerprint density at radius 2 is 2.05 bits per heavy atom. The van der Waals surface area contributed by atoms with Crippen LogP contribution in [0.25, 0.3) is 0 Å². The molecule has 0 bridgehead atoms. The Morgan fingerprint density at radius 3 is 2.59 bits per heavy atom. The fourth-order valence-electron chi connectivity index (χ4n) is 2.32. The Bertz CT molecular complexity index is 735. The minimum Gasteiger partial charge on any atom is -0.492 e. The van der Waals surface area contributed by atoms with E-state index in [9.17, 15) is 8.42 Å².